The van der Waals surface area contributed by atoms with E-state index in [0.717, 1.165) is 25.8 Å². The van der Waals surface area contributed by atoms with Gasteiger partial charge in [0.15, 0.2) is 0 Å². The molecule has 2 aliphatic rings. The van der Waals surface area contributed by atoms with Crippen LogP contribution in [0.15, 0.2) is 0 Å². The Hall–Kier alpha value is -0.820. The van der Waals surface area contributed by atoms with E-state index in [9.17, 15) is 18.0 Å². The number of amides is 1. The predicted octanol–water partition coefficient (Wildman–Crippen LogP) is 1.18. The quantitative estimate of drug-likeness (QED) is 0.783. The molecule has 2 atom stereocenters. The van der Waals surface area contributed by atoms with E-state index in [1.54, 1.807) is 0 Å². The van der Waals surface area contributed by atoms with Crippen molar-refractivity contribution in [3.8, 4) is 0 Å². The summed E-state index contributed by atoms with van der Waals surface area (Å²) in [7, 11) is 1.86. The maximum Gasteiger partial charge on any atom is 0.405 e. The van der Waals surface area contributed by atoms with Crippen LogP contribution in [-0.4, -0.2) is 60.8 Å². The number of piperidine rings is 1. The van der Waals surface area contributed by atoms with Gasteiger partial charge in [0.1, 0.15) is 6.04 Å². The maximum atomic E-state index is 13.2. The lowest BCUT2D eigenvalue weighted by atomic mass is 10.1. The van der Waals surface area contributed by atoms with Gasteiger partial charge in [-0.15, -0.1) is 0 Å². The van der Waals surface area contributed by atoms with Gasteiger partial charge in [-0.1, -0.05) is 0 Å². The summed E-state index contributed by atoms with van der Waals surface area (Å²) in [5, 5.41) is 2.37. The lowest BCUT2D eigenvalue weighted by Crippen LogP contribution is -2.59. The van der Waals surface area contributed by atoms with Gasteiger partial charge in [-0.2, -0.15) is 13.2 Å². The van der Waals surface area contributed by atoms with Crippen LogP contribution < -0.4 is 5.32 Å². The van der Waals surface area contributed by atoms with Gasteiger partial charge < -0.3 is 5.32 Å². The van der Waals surface area contributed by atoms with E-state index in [-0.39, 0.29) is 31.6 Å². The lowest BCUT2D eigenvalue weighted by Gasteiger charge is -2.44. The van der Waals surface area contributed by atoms with Crippen molar-refractivity contribution in [1.82, 2.24) is 15.1 Å². The van der Waals surface area contributed by atoms with Crippen LogP contribution in [0.1, 0.15) is 25.7 Å². The van der Waals surface area contributed by atoms with Gasteiger partial charge in [0.2, 0.25) is 5.91 Å². The van der Waals surface area contributed by atoms with Crippen molar-refractivity contribution >= 4 is 5.91 Å². The van der Waals surface area contributed by atoms with E-state index < -0.39 is 12.2 Å². The van der Waals surface area contributed by atoms with Crippen molar-refractivity contribution < 1.29 is 18.0 Å². The molecule has 2 fully saturated rings. The van der Waals surface area contributed by atoms with Crippen LogP contribution in [0.5, 0.6) is 0 Å². The normalized spacial score (nSPS) is 31.9. The zero-order chi connectivity index (χ0) is 14.0. The van der Waals surface area contributed by atoms with Crippen LogP contribution in [0.3, 0.4) is 0 Å². The standard InChI is InChI=1S/C12H20F3N3O/c1-17-6-3-2-4-11(17)18-7-5-10(19)16-8-9(18)12(13,14)15/h9,11H,2-8H2,1H3,(H,16,19). The summed E-state index contributed by atoms with van der Waals surface area (Å²) in [4.78, 5) is 14.8. The summed E-state index contributed by atoms with van der Waals surface area (Å²) < 4.78 is 39.5. The highest BCUT2D eigenvalue weighted by atomic mass is 19.4. The van der Waals surface area contributed by atoms with Crippen LogP contribution >= 0.6 is 0 Å². The summed E-state index contributed by atoms with van der Waals surface area (Å²) in [6.45, 7) is 0.644. The smallest absolute Gasteiger partial charge is 0.354 e. The number of rotatable bonds is 1. The molecule has 1 N–H and O–H groups in total. The molecule has 2 rings (SSSR count). The highest BCUT2D eigenvalue weighted by molar-refractivity contribution is 5.76. The molecule has 19 heavy (non-hydrogen) atoms. The SMILES string of the molecule is CN1CCCCC1N1CCC(=O)NCC1C(F)(F)F. The summed E-state index contributed by atoms with van der Waals surface area (Å²) in [5.74, 6) is -0.296. The molecule has 0 aromatic heterocycles. The van der Waals surface area contributed by atoms with Gasteiger partial charge in [-0.05, 0) is 32.9 Å². The lowest BCUT2D eigenvalue weighted by molar-refractivity contribution is -0.196. The molecule has 2 aliphatic heterocycles. The molecule has 0 aromatic rings. The highest BCUT2D eigenvalue weighted by Crippen LogP contribution is 2.30. The average Bonchev–Trinajstić information content (AvgIpc) is 2.51. The molecule has 7 heteroatoms. The van der Waals surface area contributed by atoms with Crippen LogP contribution in [-0.2, 0) is 4.79 Å². The van der Waals surface area contributed by atoms with Crippen molar-refractivity contribution in [2.24, 2.45) is 0 Å². The predicted molar refractivity (Wildman–Crippen MR) is 64.4 cm³/mol. The fraction of sp³-hybridized carbons (Fsp3) is 0.917. The molecule has 2 saturated heterocycles. The first-order valence-electron chi connectivity index (χ1n) is 6.69. The Morgan fingerprint density at radius 3 is 2.63 bits per heavy atom. The average molecular weight is 279 g/mol. The Morgan fingerprint density at radius 1 is 1.26 bits per heavy atom. The maximum absolute atomic E-state index is 13.2. The molecule has 0 saturated carbocycles. The van der Waals surface area contributed by atoms with Crippen LogP contribution in [0, 0.1) is 0 Å². The zero-order valence-corrected chi connectivity index (χ0v) is 11.0. The third-order valence-corrected chi connectivity index (χ3v) is 3.98. The largest absolute Gasteiger partial charge is 0.405 e. The number of carbonyl (C=O) groups is 1. The molecule has 1 amide bonds. The monoisotopic (exact) mass is 279 g/mol. The Bertz CT molecular complexity index is 335. The Balaban J connectivity index is 2.18. The summed E-state index contributed by atoms with van der Waals surface area (Å²) >= 11 is 0. The highest BCUT2D eigenvalue weighted by Gasteiger charge is 2.47. The molecule has 2 unspecified atom stereocenters. The number of alkyl halides is 3. The van der Waals surface area contributed by atoms with Crippen LogP contribution in [0.4, 0.5) is 13.2 Å². The number of hydrogen-bond donors (Lipinski definition) is 1. The molecule has 2 heterocycles. The fourth-order valence-electron chi connectivity index (χ4n) is 2.94. The van der Waals surface area contributed by atoms with Gasteiger partial charge >= 0.3 is 6.18 Å². The number of nitrogens with one attached hydrogen (secondary N) is 1. The second-order valence-corrected chi connectivity index (χ2v) is 5.31. The molecule has 4 nitrogen and oxygen atoms in total. The third kappa shape index (κ3) is 3.39. The van der Waals surface area contributed by atoms with E-state index in [4.69, 9.17) is 0 Å². The molecule has 0 radical (unpaired) electrons. The van der Waals surface area contributed by atoms with E-state index in [0.29, 0.717) is 0 Å². The van der Waals surface area contributed by atoms with Gasteiger partial charge in [0.05, 0.1) is 6.17 Å². The van der Waals surface area contributed by atoms with Crippen LogP contribution in [0.2, 0.25) is 0 Å². The topological polar surface area (TPSA) is 35.6 Å². The number of nitrogens with zero attached hydrogens (tertiary/aromatic N) is 2. The number of hydrogen-bond acceptors (Lipinski definition) is 3. The number of halogens is 3. The van der Waals surface area contributed by atoms with Gasteiger partial charge in [-0.3, -0.25) is 14.6 Å². The minimum absolute atomic E-state index is 0.136. The van der Waals surface area contributed by atoms with Gasteiger partial charge in [0.25, 0.3) is 0 Å². The molecule has 0 aromatic carbocycles. The first-order chi connectivity index (χ1) is 8.89. The van der Waals surface area contributed by atoms with E-state index in [2.05, 4.69) is 5.32 Å². The Morgan fingerprint density at radius 2 is 2.00 bits per heavy atom. The first-order valence-corrected chi connectivity index (χ1v) is 6.69. The summed E-state index contributed by atoms with van der Waals surface area (Å²) in [6, 6.07) is -1.58. The van der Waals surface area contributed by atoms with Crippen molar-refractivity contribution in [3.63, 3.8) is 0 Å². The second-order valence-electron chi connectivity index (χ2n) is 5.31. The molecular formula is C12H20F3N3O. The van der Waals surface area contributed by atoms with Gasteiger partial charge in [0, 0.05) is 19.5 Å². The molecule has 0 aliphatic carbocycles. The first kappa shape index (κ1) is 14.6. The molecular weight excluding hydrogens is 259 g/mol. The minimum Gasteiger partial charge on any atom is -0.354 e. The van der Waals surface area contributed by atoms with E-state index in [1.807, 2.05) is 11.9 Å². The summed E-state index contributed by atoms with van der Waals surface area (Å²) in [6.07, 6.45) is -1.69. The Kier molecular flexibility index (Phi) is 4.35. The minimum atomic E-state index is -4.31. The third-order valence-electron chi connectivity index (χ3n) is 3.98. The van der Waals surface area contributed by atoms with Crippen LogP contribution in [0.25, 0.3) is 0 Å². The van der Waals surface area contributed by atoms with Crippen molar-refractivity contribution in [2.75, 3.05) is 26.7 Å². The second kappa shape index (κ2) is 5.66. The van der Waals surface area contributed by atoms with E-state index >= 15 is 0 Å². The Labute approximate surface area is 110 Å². The zero-order valence-electron chi connectivity index (χ0n) is 11.0. The molecule has 0 spiro atoms. The number of carbonyl (C=O) groups excluding carboxylic acids is 1. The van der Waals surface area contributed by atoms with Gasteiger partial charge in [-0.25, -0.2) is 0 Å². The molecule has 0 bridgehead atoms. The van der Waals surface area contributed by atoms with Crippen molar-refractivity contribution in [2.45, 2.75) is 44.1 Å². The molecule has 110 valence electrons. The van der Waals surface area contributed by atoms with E-state index in [1.165, 1.54) is 4.90 Å². The van der Waals surface area contributed by atoms with Crippen molar-refractivity contribution in [1.29, 1.82) is 0 Å². The summed E-state index contributed by atoms with van der Waals surface area (Å²) in [5.41, 5.74) is 0. The number of likely N-dealkylation sites (tertiary alicyclic amines) is 1. The van der Waals surface area contributed by atoms with Crippen molar-refractivity contribution in [3.05, 3.63) is 0 Å². The fourth-order valence-corrected chi connectivity index (χ4v) is 2.94.